The van der Waals surface area contributed by atoms with Crippen LogP contribution in [0.15, 0.2) is 30.3 Å². The summed E-state index contributed by atoms with van der Waals surface area (Å²) in [7, 11) is 0. The predicted octanol–water partition coefficient (Wildman–Crippen LogP) is 5.92. The highest BCUT2D eigenvalue weighted by Crippen LogP contribution is 2.39. The Balaban J connectivity index is 1.93. The molecule has 0 radical (unpaired) electrons. The molecular weight excluding hydrogens is 516 g/mol. The number of nitro benzene ring substituents is 1. The number of aryl methyl sites for hydroxylation is 2. The lowest BCUT2D eigenvalue weighted by Gasteiger charge is -2.22. The minimum Gasteiger partial charge on any atom is -0.439 e. The Morgan fingerprint density at radius 1 is 1.17 bits per heavy atom. The van der Waals surface area contributed by atoms with Crippen molar-refractivity contribution in [1.82, 2.24) is 4.90 Å². The van der Waals surface area contributed by atoms with E-state index in [9.17, 15) is 28.1 Å². The van der Waals surface area contributed by atoms with Gasteiger partial charge in [0.2, 0.25) is 0 Å². The Kier molecular flexibility index (Phi) is 5.99. The maximum Gasteiger partial charge on any atom is 0.416 e. The number of alkyl halides is 3. The standard InChI is InChI=1S/C20H18F3IN2O4/c1-10-4-13(8-14(5-10)20(21,22)23)9-25-12(3)18(30-19(25)27)15-6-11(2)7-16(17(15)24)26(28)29/h4-8,12,18H,9H2,1-3H3/t12-,18+/m1/s1. The Hall–Kier alpha value is -2.37. The minimum atomic E-state index is -4.49. The molecule has 0 spiro atoms. The fraction of sp³-hybridized carbons (Fsp3) is 0.350. The molecule has 1 amide bonds. The first kappa shape index (κ1) is 22.3. The van der Waals surface area contributed by atoms with E-state index in [-0.39, 0.29) is 12.2 Å². The zero-order valence-electron chi connectivity index (χ0n) is 16.3. The molecule has 2 atom stereocenters. The highest BCUT2D eigenvalue weighted by molar-refractivity contribution is 14.1. The molecule has 0 unspecified atom stereocenters. The molecule has 6 nitrogen and oxygen atoms in total. The Labute approximate surface area is 184 Å². The average molecular weight is 534 g/mol. The van der Waals surface area contributed by atoms with Gasteiger partial charge in [0.15, 0.2) is 6.10 Å². The van der Waals surface area contributed by atoms with Crippen LogP contribution < -0.4 is 0 Å². The van der Waals surface area contributed by atoms with Crippen molar-refractivity contribution < 1.29 is 27.6 Å². The van der Waals surface area contributed by atoms with Crippen LogP contribution in [0, 0.1) is 27.5 Å². The van der Waals surface area contributed by atoms with Crippen LogP contribution in [0.5, 0.6) is 0 Å². The fourth-order valence-electron chi connectivity index (χ4n) is 3.57. The van der Waals surface area contributed by atoms with E-state index in [1.807, 2.05) is 22.6 Å². The highest BCUT2D eigenvalue weighted by atomic mass is 127. The van der Waals surface area contributed by atoms with Crippen LogP contribution in [0.3, 0.4) is 0 Å². The lowest BCUT2D eigenvalue weighted by molar-refractivity contribution is -0.386. The maximum atomic E-state index is 13.1. The number of hydrogen-bond donors (Lipinski definition) is 0. The van der Waals surface area contributed by atoms with Crippen molar-refractivity contribution in [3.8, 4) is 0 Å². The molecule has 0 bridgehead atoms. The van der Waals surface area contributed by atoms with Gasteiger partial charge in [-0.15, -0.1) is 0 Å². The van der Waals surface area contributed by atoms with Crippen molar-refractivity contribution in [3.05, 3.63) is 71.8 Å². The fourth-order valence-corrected chi connectivity index (χ4v) is 4.38. The van der Waals surface area contributed by atoms with E-state index < -0.39 is 34.9 Å². The van der Waals surface area contributed by atoms with E-state index in [1.54, 1.807) is 32.9 Å². The van der Waals surface area contributed by atoms with Gasteiger partial charge in [0.25, 0.3) is 5.69 Å². The number of carbonyl (C=O) groups excluding carboxylic acids is 1. The summed E-state index contributed by atoms with van der Waals surface area (Å²) in [5.41, 5.74) is 1.05. The molecule has 1 heterocycles. The highest BCUT2D eigenvalue weighted by Gasteiger charge is 2.42. The van der Waals surface area contributed by atoms with Gasteiger partial charge in [0, 0.05) is 18.2 Å². The monoisotopic (exact) mass is 534 g/mol. The minimum absolute atomic E-state index is 0.0637. The van der Waals surface area contributed by atoms with E-state index >= 15 is 0 Å². The normalized spacial score (nSPS) is 19.2. The molecule has 30 heavy (non-hydrogen) atoms. The second-order valence-electron chi connectivity index (χ2n) is 7.32. The summed E-state index contributed by atoms with van der Waals surface area (Å²) in [5, 5.41) is 11.3. The van der Waals surface area contributed by atoms with Crippen LogP contribution in [-0.4, -0.2) is 22.0 Å². The van der Waals surface area contributed by atoms with E-state index in [1.165, 1.54) is 11.0 Å². The number of benzene rings is 2. The predicted molar refractivity (Wildman–Crippen MR) is 111 cm³/mol. The number of ether oxygens (including phenoxy) is 1. The van der Waals surface area contributed by atoms with Crippen molar-refractivity contribution in [2.24, 2.45) is 0 Å². The van der Waals surface area contributed by atoms with Crippen LogP contribution in [0.4, 0.5) is 23.7 Å². The molecule has 1 aliphatic heterocycles. The number of halogens is 4. The third-order valence-electron chi connectivity index (χ3n) is 4.94. The molecule has 2 aromatic carbocycles. The first-order valence-electron chi connectivity index (χ1n) is 8.98. The first-order chi connectivity index (χ1) is 13.9. The van der Waals surface area contributed by atoms with Crippen LogP contribution in [0.1, 0.15) is 40.8 Å². The number of nitrogens with zero attached hydrogens (tertiary/aromatic N) is 2. The third-order valence-corrected chi connectivity index (χ3v) is 6.11. The van der Waals surface area contributed by atoms with Gasteiger partial charge in [-0.3, -0.25) is 15.0 Å². The largest absolute Gasteiger partial charge is 0.439 e. The number of rotatable bonds is 4. The summed E-state index contributed by atoms with van der Waals surface area (Å²) in [6.45, 7) is 4.91. The molecule has 0 aliphatic carbocycles. The third kappa shape index (κ3) is 4.37. The lowest BCUT2D eigenvalue weighted by Crippen LogP contribution is -2.31. The Morgan fingerprint density at radius 3 is 2.40 bits per heavy atom. The van der Waals surface area contributed by atoms with Gasteiger partial charge >= 0.3 is 12.3 Å². The molecule has 2 aromatic rings. The summed E-state index contributed by atoms with van der Waals surface area (Å²) < 4.78 is 45.2. The molecule has 160 valence electrons. The van der Waals surface area contributed by atoms with Gasteiger partial charge in [0.1, 0.15) is 0 Å². The number of hydrogen-bond acceptors (Lipinski definition) is 4. The summed E-state index contributed by atoms with van der Waals surface area (Å²) >= 11 is 1.85. The second-order valence-corrected chi connectivity index (χ2v) is 8.40. The van der Waals surface area contributed by atoms with Crippen molar-refractivity contribution in [2.75, 3.05) is 0 Å². The molecule has 0 saturated carbocycles. The van der Waals surface area contributed by atoms with Gasteiger partial charge in [-0.2, -0.15) is 13.2 Å². The lowest BCUT2D eigenvalue weighted by atomic mass is 9.99. The van der Waals surface area contributed by atoms with Crippen molar-refractivity contribution in [3.63, 3.8) is 0 Å². The zero-order valence-corrected chi connectivity index (χ0v) is 18.4. The molecule has 1 saturated heterocycles. The van der Waals surface area contributed by atoms with Crippen molar-refractivity contribution in [1.29, 1.82) is 0 Å². The van der Waals surface area contributed by atoms with Crippen LogP contribution >= 0.6 is 22.6 Å². The molecule has 1 fully saturated rings. The number of carbonyl (C=O) groups is 1. The number of cyclic esters (lactones) is 1. The molecule has 10 heteroatoms. The first-order valence-corrected chi connectivity index (χ1v) is 10.1. The Bertz CT molecular complexity index is 1030. The molecule has 0 aromatic heterocycles. The molecular formula is C20H18F3IN2O4. The average Bonchev–Trinajstić information content (AvgIpc) is 2.90. The summed E-state index contributed by atoms with van der Waals surface area (Å²) in [6, 6.07) is 6.29. The second kappa shape index (κ2) is 8.05. The van der Waals surface area contributed by atoms with Gasteiger partial charge in [0.05, 0.1) is 20.1 Å². The van der Waals surface area contributed by atoms with E-state index in [4.69, 9.17) is 4.74 Å². The molecule has 3 rings (SSSR count). The summed E-state index contributed by atoms with van der Waals surface area (Å²) in [5.74, 6) is 0. The van der Waals surface area contributed by atoms with Gasteiger partial charge in [-0.1, -0.05) is 17.7 Å². The molecule has 0 N–H and O–H groups in total. The van der Waals surface area contributed by atoms with Gasteiger partial charge in [-0.25, -0.2) is 4.79 Å². The summed E-state index contributed by atoms with van der Waals surface area (Å²) in [6.07, 6.45) is -5.94. The SMILES string of the molecule is Cc1cc(CN2C(=O)O[C@H](c3cc(C)cc([N+](=O)[O-])c3I)[C@H]2C)cc(C(F)(F)F)c1. The van der Waals surface area contributed by atoms with Crippen LogP contribution in [-0.2, 0) is 17.5 Å². The summed E-state index contributed by atoms with van der Waals surface area (Å²) in [4.78, 5) is 24.7. The maximum absolute atomic E-state index is 13.1. The smallest absolute Gasteiger partial charge is 0.416 e. The van der Waals surface area contributed by atoms with Gasteiger partial charge < -0.3 is 4.74 Å². The number of amides is 1. The van der Waals surface area contributed by atoms with E-state index in [0.717, 1.165) is 12.1 Å². The van der Waals surface area contributed by atoms with Crippen LogP contribution in [0.2, 0.25) is 0 Å². The Morgan fingerprint density at radius 2 is 1.80 bits per heavy atom. The zero-order chi connectivity index (χ0) is 22.4. The van der Waals surface area contributed by atoms with Crippen molar-refractivity contribution >= 4 is 34.4 Å². The van der Waals surface area contributed by atoms with E-state index in [2.05, 4.69) is 0 Å². The van der Waals surface area contributed by atoms with Crippen LogP contribution in [0.25, 0.3) is 0 Å². The number of nitro groups is 1. The topological polar surface area (TPSA) is 72.7 Å². The quantitative estimate of drug-likeness (QED) is 0.278. The van der Waals surface area contributed by atoms with Crippen molar-refractivity contribution in [2.45, 2.75) is 45.6 Å². The molecule has 1 aliphatic rings. The van der Waals surface area contributed by atoms with Gasteiger partial charge in [-0.05, 0) is 66.6 Å². The van der Waals surface area contributed by atoms with E-state index in [0.29, 0.717) is 25.8 Å².